The van der Waals surface area contributed by atoms with Crippen molar-refractivity contribution < 1.29 is 14.9 Å². The zero-order valence-corrected chi connectivity index (χ0v) is 11.6. The summed E-state index contributed by atoms with van der Waals surface area (Å²) in [5.41, 5.74) is 5.32. The number of aliphatic hydroxyl groups excluding tert-OH is 1. The Morgan fingerprint density at radius 2 is 2.11 bits per heavy atom. The van der Waals surface area contributed by atoms with E-state index in [-0.39, 0.29) is 18.2 Å². The van der Waals surface area contributed by atoms with E-state index < -0.39 is 11.7 Å². The molecule has 2 rings (SSSR count). The lowest BCUT2D eigenvalue weighted by atomic mass is 9.92. The summed E-state index contributed by atoms with van der Waals surface area (Å²) in [6.07, 6.45) is 1.45. The van der Waals surface area contributed by atoms with Gasteiger partial charge < -0.3 is 31.3 Å². The highest BCUT2D eigenvalue weighted by atomic mass is 16.5. The lowest BCUT2D eigenvalue weighted by Crippen LogP contribution is -2.57. The Morgan fingerprint density at radius 1 is 1.42 bits per heavy atom. The Hall–Kier alpha value is -0.240. The Bertz CT molecular complexity index is 284. The first-order valence-corrected chi connectivity index (χ1v) is 7.23. The molecule has 0 aliphatic carbocycles. The SMILES string of the molecule is C[C@@H]1CC(O)[C@H](N)C(CNCC2(O)CCNCC2)O1. The highest BCUT2D eigenvalue weighted by Gasteiger charge is 2.34. The van der Waals surface area contributed by atoms with Crippen LogP contribution in [0.3, 0.4) is 0 Å². The number of nitrogens with one attached hydrogen (secondary N) is 2. The third kappa shape index (κ3) is 4.11. The summed E-state index contributed by atoms with van der Waals surface area (Å²) in [6.45, 7) is 4.77. The van der Waals surface area contributed by atoms with Crippen LogP contribution in [0.15, 0.2) is 0 Å². The maximum absolute atomic E-state index is 10.3. The van der Waals surface area contributed by atoms with E-state index in [0.29, 0.717) is 19.5 Å². The van der Waals surface area contributed by atoms with Crippen molar-refractivity contribution in [3.05, 3.63) is 0 Å². The minimum Gasteiger partial charge on any atom is -0.391 e. The average molecular weight is 273 g/mol. The highest BCUT2D eigenvalue weighted by Crippen LogP contribution is 2.19. The quantitative estimate of drug-likeness (QED) is 0.430. The number of ether oxygens (including phenoxy) is 1. The fraction of sp³-hybridized carbons (Fsp3) is 1.00. The standard InChI is InChI=1S/C13H27N3O3/c1-9-6-10(17)12(14)11(19-9)7-16-8-13(18)2-4-15-5-3-13/h9-12,15-18H,2-8,14H2,1H3/t9-,10?,11?,12+/m1/s1. The summed E-state index contributed by atoms with van der Waals surface area (Å²) >= 11 is 0. The molecule has 0 saturated carbocycles. The van der Waals surface area contributed by atoms with E-state index in [1.54, 1.807) is 0 Å². The van der Waals surface area contributed by atoms with Gasteiger partial charge in [-0.15, -0.1) is 0 Å². The van der Waals surface area contributed by atoms with Gasteiger partial charge in [-0.2, -0.15) is 0 Å². The molecule has 2 fully saturated rings. The summed E-state index contributed by atoms with van der Waals surface area (Å²) < 4.78 is 5.75. The van der Waals surface area contributed by atoms with E-state index in [9.17, 15) is 10.2 Å². The first-order chi connectivity index (χ1) is 9.00. The summed E-state index contributed by atoms with van der Waals surface area (Å²) in [7, 11) is 0. The summed E-state index contributed by atoms with van der Waals surface area (Å²) in [5, 5.41) is 26.6. The van der Waals surface area contributed by atoms with Gasteiger partial charge in [-0.3, -0.25) is 0 Å². The van der Waals surface area contributed by atoms with Crippen LogP contribution in [-0.2, 0) is 4.74 Å². The molecule has 19 heavy (non-hydrogen) atoms. The van der Waals surface area contributed by atoms with Crippen LogP contribution >= 0.6 is 0 Å². The van der Waals surface area contributed by atoms with Crippen molar-refractivity contribution in [2.75, 3.05) is 26.2 Å². The number of rotatable bonds is 4. The molecule has 6 N–H and O–H groups in total. The first kappa shape index (κ1) is 15.2. The van der Waals surface area contributed by atoms with Crippen LogP contribution in [0.4, 0.5) is 0 Å². The fourth-order valence-corrected chi connectivity index (χ4v) is 2.89. The lowest BCUT2D eigenvalue weighted by molar-refractivity contribution is -0.101. The zero-order chi connectivity index (χ0) is 13.9. The first-order valence-electron chi connectivity index (χ1n) is 7.23. The van der Waals surface area contributed by atoms with Gasteiger partial charge in [0.15, 0.2) is 0 Å². The number of aliphatic hydroxyl groups is 2. The predicted molar refractivity (Wildman–Crippen MR) is 72.9 cm³/mol. The molecule has 0 aromatic carbocycles. The molecule has 4 atom stereocenters. The predicted octanol–water partition coefficient (Wildman–Crippen LogP) is -1.44. The van der Waals surface area contributed by atoms with E-state index >= 15 is 0 Å². The van der Waals surface area contributed by atoms with Gasteiger partial charge >= 0.3 is 0 Å². The largest absolute Gasteiger partial charge is 0.391 e. The molecule has 0 amide bonds. The molecule has 0 radical (unpaired) electrons. The minimum absolute atomic E-state index is 0.0311. The summed E-state index contributed by atoms with van der Waals surface area (Å²) in [4.78, 5) is 0. The van der Waals surface area contributed by atoms with Crippen molar-refractivity contribution >= 4 is 0 Å². The maximum atomic E-state index is 10.3. The minimum atomic E-state index is -0.631. The smallest absolute Gasteiger partial charge is 0.0878 e. The third-order valence-corrected chi connectivity index (χ3v) is 4.19. The number of hydrogen-bond donors (Lipinski definition) is 5. The van der Waals surface area contributed by atoms with Crippen molar-refractivity contribution in [1.29, 1.82) is 0 Å². The molecule has 6 nitrogen and oxygen atoms in total. The van der Waals surface area contributed by atoms with Crippen LogP contribution in [0.5, 0.6) is 0 Å². The van der Waals surface area contributed by atoms with Gasteiger partial charge in [-0.25, -0.2) is 0 Å². The van der Waals surface area contributed by atoms with Crippen LogP contribution in [-0.4, -0.2) is 66.3 Å². The second kappa shape index (κ2) is 6.47. The molecule has 2 aliphatic heterocycles. The zero-order valence-electron chi connectivity index (χ0n) is 11.6. The van der Waals surface area contributed by atoms with E-state index in [1.165, 1.54) is 0 Å². The summed E-state index contributed by atoms with van der Waals surface area (Å²) in [6, 6.07) is -0.355. The molecule has 0 aromatic rings. The Morgan fingerprint density at radius 3 is 2.79 bits per heavy atom. The van der Waals surface area contributed by atoms with Gasteiger partial charge in [0.1, 0.15) is 0 Å². The van der Waals surface area contributed by atoms with E-state index in [4.69, 9.17) is 10.5 Å². The third-order valence-electron chi connectivity index (χ3n) is 4.19. The maximum Gasteiger partial charge on any atom is 0.0878 e. The monoisotopic (exact) mass is 273 g/mol. The normalized spacial score (nSPS) is 39.2. The molecule has 0 bridgehead atoms. The van der Waals surface area contributed by atoms with Crippen LogP contribution in [0.25, 0.3) is 0 Å². The molecular formula is C13H27N3O3. The fourth-order valence-electron chi connectivity index (χ4n) is 2.89. The van der Waals surface area contributed by atoms with Gasteiger partial charge in [0.05, 0.1) is 30.0 Å². The summed E-state index contributed by atoms with van der Waals surface area (Å²) in [5.74, 6) is 0. The van der Waals surface area contributed by atoms with Crippen molar-refractivity contribution in [2.45, 2.75) is 56.1 Å². The molecule has 6 heteroatoms. The molecule has 112 valence electrons. The van der Waals surface area contributed by atoms with E-state index in [0.717, 1.165) is 25.9 Å². The molecule has 2 heterocycles. The number of hydrogen-bond acceptors (Lipinski definition) is 6. The van der Waals surface area contributed by atoms with Gasteiger partial charge in [-0.1, -0.05) is 0 Å². The Labute approximate surface area is 114 Å². The van der Waals surface area contributed by atoms with Crippen LogP contribution in [0, 0.1) is 0 Å². The van der Waals surface area contributed by atoms with Gasteiger partial charge in [-0.05, 0) is 32.9 Å². The Balaban J connectivity index is 1.75. The van der Waals surface area contributed by atoms with Crippen LogP contribution in [0.2, 0.25) is 0 Å². The molecule has 0 spiro atoms. The van der Waals surface area contributed by atoms with E-state index in [2.05, 4.69) is 10.6 Å². The van der Waals surface area contributed by atoms with Crippen molar-refractivity contribution in [3.63, 3.8) is 0 Å². The van der Waals surface area contributed by atoms with Crippen LogP contribution in [0.1, 0.15) is 26.2 Å². The molecular weight excluding hydrogens is 246 g/mol. The molecule has 2 saturated heterocycles. The van der Waals surface area contributed by atoms with Crippen molar-refractivity contribution in [1.82, 2.24) is 10.6 Å². The number of nitrogens with two attached hydrogens (primary N) is 1. The molecule has 2 unspecified atom stereocenters. The van der Waals surface area contributed by atoms with Gasteiger partial charge in [0.2, 0.25) is 0 Å². The van der Waals surface area contributed by atoms with Crippen molar-refractivity contribution in [3.8, 4) is 0 Å². The van der Waals surface area contributed by atoms with Gasteiger partial charge in [0, 0.05) is 19.5 Å². The molecule has 0 aromatic heterocycles. The topological polar surface area (TPSA) is 99.8 Å². The lowest BCUT2D eigenvalue weighted by Gasteiger charge is -2.38. The number of piperidine rings is 1. The Kier molecular flexibility index (Phi) is 5.16. The second-order valence-corrected chi connectivity index (χ2v) is 5.97. The molecule has 2 aliphatic rings. The van der Waals surface area contributed by atoms with Crippen molar-refractivity contribution in [2.24, 2.45) is 5.73 Å². The average Bonchev–Trinajstić information content (AvgIpc) is 2.36. The van der Waals surface area contributed by atoms with Crippen LogP contribution < -0.4 is 16.4 Å². The van der Waals surface area contributed by atoms with E-state index in [1.807, 2.05) is 6.92 Å². The second-order valence-electron chi connectivity index (χ2n) is 5.97. The highest BCUT2D eigenvalue weighted by molar-refractivity contribution is 4.91. The van der Waals surface area contributed by atoms with Gasteiger partial charge in [0.25, 0.3) is 0 Å².